The van der Waals surface area contributed by atoms with Gasteiger partial charge in [-0.2, -0.15) is 0 Å². The molecule has 7 heteroatoms. The summed E-state index contributed by atoms with van der Waals surface area (Å²) in [6.07, 6.45) is 0.600. The van der Waals surface area contributed by atoms with E-state index in [9.17, 15) is 13.6 Å². The Hall–Kier alpha value is -1.76. The Kier molecular flexibility index (Phi) is 4.84. The van der Waals surface area contributed by atoms with Gasteiger partial charge in [0.1, 0.15) is 0 Å². The molecule has 2 rings (SSSR count). The van der Waals surface area contributed by atoms with E-state index in [1.165, 1.54) is 18.3 Å². The van der Waals surface area contributed by atoms with E-state index in [-0.39, 0.29) is 31.0 Å². The van der Waals surface area contributed by atoms with Crippen molar-refractivity contribution in [3.05, 3.63) is 23.9 Å². The number of amides is 1. The zero-order valence-electron chi connectivity index (χ0n) is 10.8. The van der Waals surface area contributed by atoms with Crippen molar-refractivity contribution in [1.82, 2.24) is 9.88 Å². The van der Waals surface area contributed by atoms with Crippen molar-refractivity contribution >= 4 is 5.91 Å². The number of aliphatic hydroxyl groups excluding tert-OH is 1. The van der Waals surface area contributed by atoms with Gasteiger partial charge >= 0.3 is 0 Å². The Morgan fingerprint density at radius 2 is 2.30 bits per heavy atom. The van der Waals surface area contributed by atoms with Gasteiger partial charge in [-0.05, 0) is 18.9 Å². The number of hydrogen-bond acceptors (Lipinski definition) is 4. The standard InChI is InChI=1S/C13H16F2N2O3/c14-11(15)8-20-12-7-9(3-4-16-12)13(19)17(5-6-18)10-1-2-10/h3-4,7,10-11,18H,1-2,5-6,8H2. The van der Waals surface area contributed by atoms with E-state index in [0.29, 0.717) is 5.56 Å². The largest absolute Gasteiger partial charge is 0.472 e. The third-order valence-corrected chi connectivity index (χ3v) is 2.93. The molecular weight excluding hydrogens is 270 g/mol. The minimum atomic E-state index is -2.59. The molecule has 0 bridgehead atoms. The molecule has 1 saturated carbocycles. The predicted octanol–water partition coefficient (Wildman–Crippen LogP) is 1.32. The molecule has 1 aliphatic carbocycles. The average Bonchev–Trinajstić information content (AvgIpc) is 3.26. The van der Waals surface area contributed by atoms with Gasteiger partial charge in [-0.1, -0.05) is 0 Å². The fourth-order valence-corrected chi connectivity index (χ4v) is 1.88. The van der Waals surface area contributed by atoms with Gasteiger partial charge in [-0.25, -0.2) is 13.8 Å². The van der Waals surface area contributed by atoms with Gasteiger partial charge in [-0.3, -0.25) is 4.79 Å². The predicted molar refractivity (Wildman–Crippen MR) is 66.9 cm³/mol. The number of halogens is 2. The molecule has 0 aliphatic heterocycles. The van der Waals surface area contributed by atoms with Crippen LogP contribution in [0.4, 0.5) is 8.78 Å². The number of carbonyl (C=O) groups is 1. The summed E-state index contributed by atoms with van der Waals surface area (Å²) in [5.74, 6) is -0.248. The lowest BCUT2D eigenvalue weighted by Crippen LogP contribution is -2.35. The minimum absolute atomic E-state index is 0.00380. The van der Waals surface area contributed by atoms with Crippen molar-refractivity contribution in [2.75, 3.05) is 19.8 Å². The zero-order chi connectivity index (χ0) is 14.5. The van der Waals surface area contributed by atoms with Gasteiger partial charge in [-0.15, -0.1) is 0 Å². The number of pyridine rings is 1. The molecule has 1 heterocycles. The molecule has 1 aromatic heterocycles. The fourth-order valence-electron chi connectivity index (χ4n) is 1.88. The highest BCUT2D eigenvalue weighted by Gasteiger charge is 2.32. The van der Waals surface area contributed by atoms with Crippen molar-refractivity contribution in [2.24, 2.45) is 0 Å². The first-order valence-electron chi connectivity index (χ1n) is 6.40. The Morgan fingerprint density at radius 3 is 2.90 bits per heavy atom. The summed E-state index contributed by atoms with van der Waals surface area (Å²) in [5.41, 5.74) is 0.324. The normalized spacial score (nSPS) is 14.4. The first kappa shape index (κ1) is 14.6. The summed E-state index contributed by atoms with van der Waals surface area (Å²) in [7, 11) is 0. The molecular formula is C13H16F2N2O3. The Balaban J connectivity index is 2.06. The second-order valence-electron chi connectivity index (χ2n) is 4.54. The van der Waals surface area contributed by atoms with Gasteiger partial charge in [0.25, 0.3) is 12.3 Å². The first-order chi connectivity index (χ1) is 9.61. The molecule has 110 valence electrons. The number of ether oxygens (including phenoxy) is 1. The molecule has 1 fully saturated rings. The summed E-state index contributed by atoms with van der Waals surface area (Å²) in [4.78, 5) is 17.7. The summed E-state index contributed by atoms with van der Waals surface area (Å²) < 4.78 is 28.9. The van der Waals surface area contributed by atoms with Crippen LogP contribution in [0.5, 0.6) is 5.88 Å². The number of carbonyl (C=O) groups excluding carboxylic acids is 1. The van der Waals surface area contributed by atoms with Gasteiger partial charge in [0.15, 0.2) is 6.61 Å². The minimum Gasteiger partial charge on any atom is -0.472 e. The second kappa shape index (κ2) is 6.60. The lowest BCUT2D eigenvalue weighted by Gasteiger charge is -2.21. The van der Waals surface area contributed by atoms with Gasteiger partial charge in [0, 0.05) is 30.4 Å². The van der Waals surface area contributed by atoms with Crippen LogP contribution in [0.25, 0.3) is 0 Å². The Labute approximate surface area is 115 Å². The molecule has 1 aliphatic rings. The van der Waals surface area contributed by atoms with E-state index in [1.54, 1.807) is 4.90 Å². The zero-order valence-corrected chi connectivity index (χ0v) is 10.8. The molecule has 1 N–H and O–H groups in total. The SMILES string of the molecule is O=C(c1ccnc(OCC(F)F)c1)N(CCO)C1CC1. The number of rotatable bonds is 7. The molecule has 0 atom stereocenters. The second-order valence-corrected chi connectivity index (χ2v) is 4.54. The Morgan fingerprint density at radius 1 is 1.55 bits per heavy atom. The van der Waals surface area contributed by atoms with Gasteiger partial charge < -0.3 is 14.7 Å². The van der Waals surface area contributed by atoms with E-state index in [2.05, 4.69) is 4.98 Å². The monoisotopic (exact) mass is 286 g/mol. The van der Waals surface area contributed by atoms with Crippen LogP contribution in [0, 0.1) is 0 Å². The summed E-state index contributed by atoms with van der Waals surface area (Å²) in [5, 5.41) is 8.99. The number of nitrogens with zero attached hydrogens (tertiary/aromatic N) is 2. The highest BCUT2D eigenvalue weighted by Crippen LogP contribution is 2.28. The molecule has 5 nitrogen and oxygen atoms in total. The van der Waals surface area contributed by atoms with Crippen LogP contribution in [0.2, 0.25) is 0 Å². The van der Waals surface area contributed by atoms with Crippen LogP contribution in [0.15, 0.2) is 18.3 Å². The molecule has 0 radical (unpaired) electrons. The topological polar surface area (TPSA) is 62.7 Å². The molecule has 0 unspecified atom stereocenters. The molecule has 0 spiro atoms. The van der Waals surface area contributed by atoms with Crippen LogP contribution >= 0.6 is 0 Å². The summed E-state index contributed by atoms with van der Waals surface area (Å²) >= 11 is 0. The van der Waals surface area contributed by atoms with E-state index in [4.69, 9.17) is 9.84 Å². The van der Waals surface area contributed by atoms with E-state index >= 15 is 0 Å². The number of aliphatic hydroxyl groups is 1. The maximum atomic E-state index is 12.3. The Bertz CT molecular complexity index is 467. The van der Waals surface area contributed by atoms with Gasteiger partial charge in [0.2, 0.25) is 5.88 Å². The number of hydrogen-bond donors (Lipinski definition) is 1. The van der Waals surface area contributed by atoms with Crippen molar-refractivity contribution in [3.8, 4) is 5.88 Å². The maximum absolute atomic E-state index is 12.3. The van der Waals surface area contributed by atoms with Crippen LogP contribution in [-0.4, -0.2) is 53.1 Å². The molecule has 20 heavy (non-hydrogen) atoms. The van der Waals surface area contributed by atoms with Crippen molar-refractivity contribution in [3.63, 3.8) is 0 Å². The quantitative estimate of drug-likeness (QED) is 0.821. The van der Waals surface area contributed by atoms with E-state index < -0.39 is 13.0 Å². The van der Waals surface area contributed by atoms with E-state index in [0.717, 1.165) is 12.8 Å². The van der Waals surface area contributed by atoms with Gasteiger partial charge in [0.05, 0.1) is 6.61 Å². The molecule has 1 amide bonds. The summed E-state index contributed by atoms with van der Waals surface area (Å²) in [6.45, 7) is -0.602. The lowest BCUT2D eigenvalue weighted by atomic mass is 10.2. The average molecular weight is 286 g/mol. The van der Waals surface area contributed by atoms with E-state index in [1.807, 2.05) is 0 Å². The number of alkyl halides is 2. The molecule has 0 aromatic carbocycles. The molecule has 0 saturated heterocycles. The first-order valence-corrected chi connectivity index (χ1v) is 6.40. The number of aromatic nitrogens is 1. The van der Waals surface area contributed by atoms with Crippen LogP contribution < -0.4 is 4.74 Å². The summed E-state index contributed by atoms with van der Waals surface area (Å²) in [6, 6.07) is 3.01. The van der Waals surface area contributed by atoms with Crippen LogP contribution in [0.1, 0.15) is 23.2 Å². The maximum Gasteiger partial charge on any atom is 0.272 e. The van der Waals surface area contributed by atoms with Crippen LogP contribution in [0.3, 0.4) is 0 Å². The smallest absolute Gasteiger partial charge is 0.272 e. The third-order valence-electron chi connectivity index (χ3n) is 2.93. The van der Waals surface area contributed by atoms with Crippen molar-refractivity contribution in [1.29, 1.82) is 0 Å². The van der Waals surface area contributed by atoms with Crippen molar-refractivity contribution < 1.29 is 23.4 Å². The highest BCUT2D eigenvalue weighted by molar-refractivity contribution is 5.94. The highest BCUT2D eigenvalue weighted by atomic mass is 19.3. The lowest BCUT2D eigenvalue weighted by molar-refractivity contribution is 0.0704. The fraction of sp³-hybridized carbons (Fsp3) is 0.538. The molecule has 1 aromatic rings. The van der Waals surface area contributed by atoms with Crippen LogP contribution in [-0.2, 0) is 0 Å². The third kappa shape index (κ3) is 3.86. The van der Waals surface area contributed by atoms with Crippen molar-refractivity contribution in [2.45, 2.75) is 25.3 Å².